The number of aromatic nitrogens is 1. The van der Waals surface area contributed by atoms with Crippen LogP contribution in [-0.4, -0.2) is 47.5 Å². The average Bonchev–Trinajstić information content (AvgIpc) is 2.82. The first-order chi connectivity index (χ1) is 18.0. The molecule has 2 aromatic rings. The van der Waals surface area contributed by atoms with Crippen LogP contribution >= 0.6 is 9.24 Å². The highest BCUT2D eigenvalue weighted by molar-refractivity contribution is 7.17. The molecule has 0 radical (unpaired) electrons. The summed E-state index contributed by atoms with van der Waals surface area (Å²) in [7, 11) is 4.24. The summed E-state index contributed by atoms with van der Waals surface area (Å²) in [6, 6.07) is 5.24. The highest BCUT2D eigenvalue weighted by atomic mass is 31.0. The Balaban J connectivity index is 1.48. The van der Waals surface area contributed by atoms with Crippen molar-refractivity contribution in [2.24, 2.45) is 11.8 Å². The molecule has 0 spiro atoms. The number of halogens is 3. The zero-order chi connectivity index (χ0) is 27.4. The molecule has 3 aliphatic rings. The Bertz CT molecular complexity index is 1270. The van der Waals surface area contributed by atoms with E-state index in [1.54, 1.807) is 13.0 Å². The number of nitrogens with zero attached hydrogens (tertiary/aromatic N) is 2. The van der Waals surface area contributed by atoms with Crippen LogP contribution in [0.3, 0.4) is 0 Å². The van der Waals surface area contributed by atoms with Crippen LogP contribution in [0.15, 0.2) is 35.3 Å². The minimum absolute atomic E-state index is 0.0673. The topological polar surface area (TPSA) is 66.4 Å². The largest absolute Gasteiger partial charge is 0.381 e. The summed E-state index contributed by atoms with van der Waals surface area (Å²) >= 11 is 0. The Morgan fingerprint density at radius 1 is 1.16 bits per heavy atom. The van der Waals surface area contributed by atoms with Crippen LogP contribution in [0.1, 0.15) is 73.2 Å². The lowest BCUT2D eigenvalue weighted by atomic mass is 9.66. The van der Waals surface area contributed by atoms with E-state index < -0.39 is 35.4 Å². The van der Waals surface area contributed by atoms with Gasteiger partial charge in [0, 0.05) is 42.5 Å². The molecule has 10 heteroatoms. The second-order valence-corrected chi connectivity index (χ2v) is 12.0. The normalized spacial score (nSPS) is 26.4. The highest BCUT2D eigenvalue weighted by Crippen LogP contribution is 2.46. The predicted octanol–water partition coefficient (Wildman–Crippen LogP) is 4.92. The van der Waals surface area contributed by atoms with E-state index in [-0.39, 0.29) is 28.3 Å². The average molecular weight is 549 g/mol. The lowest BCUT2D eigenvalue weighted by Crippen LogP contribution is -2.60. The fourth-order valence-electron chi connectivity index (χ4n) is 6.47. The third-order valence-corrected chi connectivity index (χ3v) is 9.47. The quantitative estimate of drug-likeness (QED) is 0.460. The van der Waals surface area contributed by atoms with Crippen LogP contribution in [0.5, 0.6) is 0 Å². The van der Waals surface area contributed by atoms with Crippen molar-refractivity contribution in [1.29, 1.82) is 0 Å². The van der Waals surface area contributed by atoms with Gasteiger partial charge in [0.2, 0.25) is 0 Å². The fraction of sp³-hybridized carbons (Fsp3) is 0.571. The van der Waals surface area contributed by atoms with E-state index >= 15 is 4.39 Å². The van der Waals surface area contributed by atoms with Crippen LogP contribution < -0.4 is 16.2 Å². The molecule has 2 saturated carbocycles. The van der Waals surface area contributed by atoms with Crippen molar-refractivity contribution in [3.63, 3.8) is 0 Å². The van der Waals surface area contributed by atoms with Gasteiger partial charge in [-0.1, -0.05) is 27.4 Å². The van der Waals surface area contributed by atoms with Crippen LogP contribution in [0.4, 0.5) is 18.9 Å². The summed E-state index contributed by atoms with van der Waals surface area (Å²) in [5, 5.41) is 6.29. The second kappa shape index (κ2) is 10.3. The van der Waals surface area contributed by atoms with Gasteiger partial charge >= 0.3 is 0 Å². The summed E-state index contributed by atoms with van der Waals surface area (Å²) in [5.41, 5.74) is -0.651. The van der Waals surface area contributed by atoms with Crippen LogP contribution in [0.2, 0.25) is 0 Å². The number of rotatable bonds is 8. The second-order valence-electron chi connectivity index (χ2n) is 11.4. The lowest BCUT2D eigenvalue weighted by Gasteiger charge is -2.53. The molecule has 7 atom stereocenters. The number of carbonyl (C=O) groups excluding carboxylic acids is 1. The molecule has 4 unspecified atom stereocenters. The van der Waals surface area contributed by atoms with Gasteiger partial charge in [0.25, 0.3) is 11.5 Å². The maximum Gasteiger partial charge on any atom is 0.255 e. The minimum atomic E-state index is -1.49. The number of carbonyl (C=O) groups is 1. The van der Waals surface area contributed by atoms with Gasteiger partial charge in [0.15, 0.2) is 0 Å². The van der Waals surface area contributed by atoms with Gasteiger partial charge in [-0.2, -0.15) is 0 Å². The van der Waals surface area contributed by atoms with Gasteiger partial charge in [-0.25, -0.2) is 13.2 Å². The molecule has 206 valence electrons. The number of benzene rings is 1. The smallest absolute Gasteiger partial charge is 0.255 e. The van der Waals surface area contributed by atoms with E-state index in [4.69, 9.17) is 0 Å². The zero-order valence-corrected chi connectivity index (χ0v) is 23.2. The molecule has 6 nitrogen and oxygen atoms in total. The number of amides is 1. The molecule has 1 saturated heterocycles. The molecule has 2 N–H and O–H groups in total. The van der Waals surface area contributed by atoms with E-state index in [9.17, 15) is 18.4 Å². The number of pyridine rings is 1. The number of fused-ring (bicyclic) bond motifs is 2. The van der Waals surface area contributed by atoms with Crippen LogP contribution in [0.25, 0.3) is 0 Å². The Labute approximate surface area is 223 Å². The first-order valence-corrected chi connectivity index (χ1v) is 14.0. The van der Waals surface area contributed by atoms with E-state index in [0.29, 0.717) is 30.4 Å². The van der Waals surface area contributed by atoms with Gasteiger partial charge in [-0.15, -0.1) is 0 Å². The Morgan fingerprint density at radius 3 is 2.39 bits per heavy atom. The lowest BCUT2D eigenvalue weighted by molar-refractivity contribution is 0.0269. The fourth-order valence-corrected chi connectivity index (χ4v) is 6.96. The highest BCUT2D eigenvalue weighted by Gasteiger charge is 2.47. The van der Waals surface area contributed by atoms with Gasteiger partial charge < -0.3 is 20.1 Å². The third kappa shape index (κ3) is 4.66. The molecule has 2 heterocycles. The molecule has 38 heavy (non-hydrogen) atoms. The standard InChI is InChI=1S/C28H36F3N4O2P/c1-15(29)19-6-4-7-20(24(19)30)16(2)32-26(37)21-14-35(28(27(31)38)8-5-9-28)23(36)11-22(21)33-25-17-10-18(25)13-34(3)12-17/h4,6-7,11,14-18,25,27,33H,5,8-10,12-13,38H2,1-3H3,(H,32,37)/t15?,16-,17-,18+,25?,27?/m1/s1. The van der Waals surface area contributed by atoms with Crippen molar-refractivity contribution in [2.45, 2.75) is 69.2 Å². The van der Waals surface area contributed by atoms with Crippen molar-refractivity contribution >= 4 is 20.8 Å². The monoisotopic (exact) mass is 548 g/mol. The van der Waals surface area contributed by atoms with Crippen molar-refractivity contribution in [1.82, 2.24) is 14.8 Å². The van der Waals surface area contributed by atoms with E-state index in [2.05, 4.69) is 31.8 Å². The van der Waals surface area contributed by atoms with Gasteiger partial charge in [0.1, 0.15) is 17.9 Å². The number of hydrogen-bond donors (Lipinski definition) is 2. The molecular weight excluding hydrogens is 512 g/mol. The van der Waals surface area contributed by atoms with Gasteiger partial charge in [0.05, 0.1) is 22.8 Å². The molecule has 5 rings (SSSR count). The number of anilines is 1. The molecule has 1 aromatic heterocycles. The Hall–Kier alpha value is -2.38. The van der Waals surface area contributed by atoms with Crippen molar-refractivity contribution < 1.29 is 18.0 Å². The maximum atomic E-state index is 15.0. The molecule has 2 aliphatic carbocycles. The first-order valence-electron chi connectivity index (χ1n) is 13.4. The maximum absolute atomic E-state index is 15.0. The first kappa shape index (κ1) is 27.2. The van der Waals surface area contributed by atoms with Gasteiger partial charge in [-0.3, -0.25) is 9.59 Å². The van der Waals surface area contributed by atoms with Crippen LogP contribution in [0, 0.1) is 17.7 Å². The zero-order valence-electron chi connectivity index (χ0n) is 22.0. The SMILES string of the molecule is CC(F)c1cccc([C@@H](C)NC(=O)c2cn(C3(C(F)P)CCC3)c(=O)cc2NC2[C@@H]3C[C@H]2CN(C)C3)c1F. The molecular formula is C28H36F3N4O2P. The van der Waals surface area contributed by atoms with E-state index in [1.807, 2.05) is 0 Å². The minimum Gasteiger partial charge on any atom is -0.381 e. The Kier molecular flexibility index (Phi) is 7.38. The number of hydrogen-bond acceptors (Lipinski definition) is 4. The summed E-state index contributed by atoms with van der Waals surface area (Å²) in [6.45, 7) is 4.77. The summed E-state index contributed by atoms with van der Waals surface area (Å²) < 4.78 is 45.0. The van der Waals surface area contributed by atoms with E-state index in [1.165, 1.54) is 35.9 Å². The summed E-state index contributed by atoms with van der Waals surface area (Å²) in [5.74, 6) is -1.72. The molecule has 1 aromatic carbocycles. The molecule has 1 aliphatic heterocycles. The number of piperidine rings is 2. The third-order valence-electron chi connectivity index (χ3n) is 8.85. The van der Waals surface area contributed by atoms with Crippen LogP contribution in [-0.2, 0) is 5.54 Å². The van der Waals surface area contributed by atoms with Gasteiger partial charge in [-0.05, 0) is 58.4 Å². The summed E-state index contributed by atoms with van der Waals surface area (Å²) in [4.78, 5) is 29.2. The Morgan fingerprint density at radius 2 is 1.82 bits per heavy atom. The number of nitrogens with one attached hydrogen (secondary N) is 2. The number of likely N-dealkylation sites (tertiary alicyclic amines) is 1. The summed E-state index contributed by atoms with van der Waals surface area (Å²) in [6.07, 6.45) is 2.86. The number of alkyl halides is 2. The molecule has 2 bridgehead atoms. The van der Waals surface area contributed by atoms with Crippen molar-refractivity contribution in [3.8, 4) is 0 Å². The predicted molar refractivity (Wildman–Crippen MR) is 145 cm³/mol. The molecule has 3 fully saturated rings. The molecule has 1 amide bonds. The van der Waals surface area contributed by atoms with Crippen molar-refractivity contribution in [3.05, 3.63) is 63.3 Å². The van der Waals surface area contributed by atoms with Crippen molar-refractivity contribution in [2.75, 3.05) is 25.5 Å². The van der Waals surface area contributed by atoms with E-state index in [0.717, 1.165) is 25.9 Å².